The van der Waals surface area contributed by atoms with E-state index in [1.165, 1.54) is 5.57 Å². The first-order chi connectivity index (χ1) is 25.6. The van der Waals surface area contributed by atoms with Crippen LogP contribution in [0.25, 0.3) is 27.5 Å². The molecule has 3 aromatic heterocycles. The fraction of sp³-hybridized carbons (Fsp3) is 0.317. The molecule has 1 atom stereocenters. The lowest BCUT2D eigenvalue weighted by Crippen LogP contribution is -2.33. The molecule has 6 heterocycles. The number of imidazole rings is 1. The number of aromatic nitrogens is 5. The minimum Gasteiger partial charge on any atom is -0.449 e. The monoisotopic (exact) mass is 731 g/mol. The topological polar surface area (TPSA) is 119 Å². The summed E-state index contributed by atoms with van der Waals surface area (Å²) in [6.07, 6.45) is 7.71. The van der Waals surface area contributed by atoms with E-state index in [0.29, 0.717) is 17.1 Å². The lowest BCUT2D eigenvalue weighted by Gasteiger charge is -2.29. The van der Waals surface area contributed by atoms with Gasteiger partial charge in [-0.2, -0.15) is 5.10 Å². The smallest absolute Gasteiger partial charge is 0.255 e. The SMILES string of the molecule is Cc1[nH]nc2c(C)cc(NC(=O)c3ccc4c(c3)nc(CN3CC=C(c5cccc6c5OC(C)(C)O6)CC3)n4C[C@@H]3CCO3)cc12.Clc1cccnc1. The number of carbonyl (C=O) groups is 1. The fourth-order valence-corrected chi connectivity index (χ4v) is 7.22. The van der Waals surface area contributed by atoms with E-state index in [-0.39, 0.29) is 12.0 Å². The van der Waals surface area contributed by atoms with Crippen LogP contribution in [0.2, 0.25) is 5.02 Å². The molecule has 0 spiro atoms. The number of rotatable bonds is 7. The summed E-state index contributed by atoms with van der Waals surface area (Å²) in [7, 11) is 0. The maximum Gasteiger partial charge on any atom is 0.255 e. The molecule has 1 fully saturated rings. The lowest BCUT2D eigenvalue weighted by atomic mass is 9.98. The van der Waals surface area contributed by atoms with Crippen LogP contribution in [0.4, 0.5) is 5.69 Å². The Balaban J connectivity index is 0.000000515. The molecule has 2 N–H and O–H groups in total. The molecule has 1 saturated heterocycles. The maximum absolute atomic E-state index is 13.4. The van der Waals surface area contributed by atoms with Gasteiger partial charge in [-0.3, -0.25) is 19.8 Å². The molecule has 12 heteroatoms. The van der Waals surface area contributed by atoms with Crippen molar-refractivity contribution >= 4 is 50.7 Å². The summed E-state index contributed by atoms with van der Waals surface area (Å²) in [6, 6.07) is 19.4. The number of H-pyrrole nitrogens is 1. The van der Waals surface area contributed by atoms with E-state index in [1.807, 2.05) is 70.2 Å². The van der Waals surface area contributed by atoms with Gasteiger partial charge in [0.1, 0.15) is 5.82 Å². The van der Waals surface area contributed by atoms with Crippen molar-refractivity contribution in [2.45, 2.75) is 65.5 Å². The maximum atomic E-state index is 13.4. The van der Waals surface area contributed by atoms with Crippen molar-refractivity contribution in [1.29, 1.82) is 0 Å². The Bertz CT molecular complexity index is 2350. The molecule has 11 nitrogen and oxygen atoms in total. The van der Waals surface area contributed by atoms with Crippen LogP contribution in [0, 0.1) is 13.8 Å². The lowest BCUT2D eigenvalue weighted by molar-refractivity contribution is -0.0591. The largest absolute Gasteiger partial charge is 0.449 e. The first-order valence-corrected chi connectivity index (χ1v) is 18.3. The number of anilines is 1. The molecule has 3 aliphatic rings. The minimum absolute atomic E-state index is 0.168. The van der Waals surface area contributed by atoms with Crippen LogP contribution in [0.15, 0.2) is 79.1 Å². The number of carbonyl (C=O) groups excluding carboxylic acids is 1. The highest BCUT2D eigenvalue weighted by atomic mass is 35.5. The summed E-state index contributed by atoms with van der Waals surface area (Å²) >= 11 is 5.48. The summed E-state index contributed by atoms with van der Waals surface area (Å²) < 4.78 is 20.2. The number of benzene rings is 3. The van der Waals surface area contributed by atoms with E-state index >= 15 is 0 Å². The highest BCUT2D eigenvalue weighted by Crippen LogP contribution is 2.45. The van der Waals surface area contributed by atoms with E-state index in [4.69, 9.17) is 30.8 Å². The molecular weight excluding hydrogens is 690 g/mol. The van der Waals surface area contributed by atoms with Crippen LogP contribution in [0.3, 0.4) is 0 Å². The molecule has 0 unspecified atom stereocenters. The highest BCUT2D eigenvalue weighted by Gasteiger charge is 2.34. The van der Waals surface area contributed by atoms with Gasteiger partial charge in [-0.25, -0.2) is 4.98 Å². The van der Waals surface area contributed by atoms with Gasteiger partial charge in [0.25, 0.3) is 5.91 Å². The zero-order valence-electron chi connectivity index (χ0n) is 30.3. The zero-order valence-corrected chi connectivity index (χ0v) is 31.0. The molecule has 53 heavy (non-hydrogen) atoms. The second kappa shape index (κ2) is 14.3. The highest BCUT2D eigenvalue weighted by molar-refractivity contribution is 6.30. The number of nitrogens with one attached hydrogen (secondary N) is 2. The Labute approximate surface area is 312 Å². The van der Waals surface area contributed by atoms with Crippen LogP contribution in [0.1, 0.15) is 59.7 Å². The molecule has 1 amide bonds. The van der Waals surface area contributed by atoms with E-state index in [1.54, 1.807) is 24.5 Å². The van der Waals surface area contributed by atoms with Crippen LogP contribution in [-0.2, 0) is 17.8 Å². The van der Waals surface area contributed by atoms with Crippen LogP contribution in [-0.4, -0.2) is 67.1 Å². The predicted octanol–water partition coefficient (Wildman–Crippen LogP) is 8.10. The van der Waals surface area contributed by atoms with E-state index in [0.717, 1.165) is 101 Å². The van der Waals surface area contributed by atoms with Gasteiger partial charge < -0.3 is 24.1 Å². The summed E-state index contributed by atoms with van der Waals surface area (Å²) in [6.45, 7) is 11.8. The number of halogens is 1. The van der Waals surface area contributed by atoms with Gasteiger partial charge in [-0.05, 0) is 86.4 Å². The third kappa shape index (κ3) is 7.37. The van der Waals surface area contributed by atoms with Crippen molar-refractivity contribution in [2.24, 2.45) is 0 Å². The second-order valence-corrected chi connectivity index (χ2v) is 14.7. The fourth-order valence-electron chi connectivity index (χ4n) is 7.09. The van der Waals surface area contributed by atoms with Crippen LogP contribution in [0.5, 0.6) is 11.5 Å². The molecule has 6 aromatic rings. The average molecular weight is 732 g/mol. The van der Waals surface area contributed by atoms with Gasteiger partial charge in [0.15, 0.2) is 11.5 Å². The number of para-hydroxylation sites is 1. The molecule has 3 aromatic carbocycles. The number of hydrogen-bond donors (Lipinski definition) is 2. The number of aromatic amines is 1. The summed E-state index contributed by atoms with van der Waals surface area (Å²) in [4.78, 5) is 24.7. The number of amides is 1. The van der Waals surface area contributed by atoms with Crippen molar-refractivity contribution < 1.29 is 19.0 Å². The molecular formula is C41H42ClN7O4. The Kier molecular flexibility index (Phi) is 9.40. The van der Waals surface area contributed by atoms with Crippen molar-refractivity contribution in [3.63, 3.8) is 0 Å². The Morgan fingerprint density at radius 3 is 2.68 bits per heavy atom. The summed E-state index contributed by atoms with van der Waals surface area (Å²) in [5.41, 5.74) is 8.43. The van der Waals surface area contributed by atoms with Gasteiger partial charge in [-0.1, -0.05) is 29.8 Å². The molecule has 0 radical (unpaired) electrons. The van der Waals surface area contributed by atoms with Crippen molar-refractivity contribution in [1.82, 2.24) is 29.6 Å². The predicted molar refractivity (Wildman–Crippen MR) is 207 cm³/mol. The minimum atomic E-state index is -0.657. The Morgan fingerprint density at radius 1 is 1.09 bits per heavy atom. The van der Waals surface area contributed by atoms with Crippen LogP contribution < -0.4 is 14.8 Å². The van der Waals surface area contributed by atoms with Gasteiger partial charge in [0, 0.05) is 73.8 Å². The molecule has 3 aliphatic heterocycles. The van der Waals surface area contributed by atoms with Gasteiger partial charge in [-0.15, -0.1) is 0 Å². The molecule has 9 rings (SSSR count). The number of pyridine rings is 1. The van der Waals surface area contributed by atoms with Crippen molar-refractivity contribution in [3.8, 4) is 11.5 Å². The molecule has 0 bridgehead atoms. The first-order valence-electron chi connectivity index (χ1n) is 18.0. The number of hydrogen-bond acceptors (Lipinski definition) is 8. The number of ether oxygens (including phenoxy) is 3. The average Bonchev–Trinajstić information content (AvgIpc) is 3.77. The van der Waals surface area contributed by atoms with E-state index in [9.17, 15) is 4.79 Å². The number of aryl methyl sites for hydroxylation is 2. The van der Waals surface area contributed by atoms with E-state index < -0.39 is 5.79 Å². The normalized spacial score (nSPS) is 17.6. The molecule has 0 aliphatic carbocycles. The van der Waals surface area contributed by atoms with Crippen LogP contribution >= 0.6 is 11.6 Å². The Morgan fingerprint density at radius 2 is 1.96 bits per heavy atom. The van der Waals surface area contributed by atoms with Crippen molar-refractivity contribution in [2.75, 3.05) is 25.0 Å². The van der Waals surface area contributed by atoms with Crippen molar-refractivity contribution in [3.05, 3.63) is 112 Å². The third-order valence-corrected chi connectivity index (χ3v) is 10.1. The number of fused-ring (bicyclic) bond motifs is 3. The zero-order chi connectivity index (χ0) is 36.7. The Hall–Kier alpha value is -5.23. The van der Waals surface area contributed by atoms with Gasteiger partial charge in [0.05, 0.1) is 40.8 Å². The third-order valence-electron chi connectivity index (χ3n) is 9.88. The molecule has 272 valence electrons. The van der Waals surface area contributed by atoms with Gasteiger partial charge >= 0.3 is 0 Å². The quantitative estimate of drug-likeness (QED) is 0.169. The summed E-state index contributed by atoms with van der Waals surface area (Å²) in [5, 5.41) is 12.2. The standard InChI is InChI=1S/C36H38N6O4.C5H4ClN/c1-21-16-25(18-28-22(2)39-40-33(21)28)37-35(43)24-8-9-30-29(17-24)38-32(42(30)19-26-12-15-44-26)20-41-13-10-23(11-14-41)27-6-5-7-31-34(27)46-36(3,4)45-31;6-5-2-1-3-7-4-5/h5-10,16-18,26H,11-15,19-20H2,1-4H3,(H,37,43)(H,39,40);1-4H/t26-;/m0./s1. The second-order valence-electron chi connectivity index (χ2n) is 14.2. The van der Waals surface area contributed by atoms with E-state index in [2.05, 4.69) is 42.1 Å². The number of nitrogens with zero attached hydrogens (tertiary/aromatic N) is 5. The first kappa shape index (κ1) is 34.8. The summed E-state index contributed by atoms with van der Waals surface area (Å²) in [5.74, 6) is 1.79. The molecule has 0 saturated carbocycles. The van der Waals surface area contributed by atoms with Gasteiger partial charge in [0.2, 0.25) is 5.79 Å².